The summed E-state index contributed by atoms with van der Waals surface area (Å²) in [5, 5.41) is 10.8. The number of imide groups is 1. The highest BCUT2D eigenvalue weighted by molar-refractivity contribution is 5.96. The van der Waals surface area contributed by atoms with E-state index in [0.29, 0.717) is 6.54 Å². The van der Waals surface area contributed by atoms with Gasteiger partial charge in [0.25, 0.3) is 0 Å². The fourth-order valence-corrected chi connectivity index (χ4v) is 1.38. The van der Waals surface area contributed by atoms with Crippen molar-refractivity contribution in [3.05, 3.63) is 0 Å². The highest BCUT2D eigenvalue weighted by Crippen LogP contribution is 2.05. The highest BCUT2D eigenvalue weighted by Gasteiger charge is 2.24. The number of nitrogens with zero attached hydrogens (tertiary/aromatic N) is 1. The van der Waals surface area contributed by atoms with Crippen LogP contribution in [0.15, 0.2) is 0 Å². The molecule has 0 aromatic heterocycles. The number of carboxylic acids is 1. The number of carbonyl (C=O) groups is 3. The van der Waals surface area contributed by atoms with Crippen LogP contribution in [0, 0.1) is 5.92 Å². The van der Waals surface area contributed by atoms with Gasteiger partial charge in [0.05, 0.1) is 12.0 Å². The summed E-state index contributed by atoms with van der Waals surface area (Å²) >= 11 is 0. The molecule has 98 valence electrons. The van der Waals surface area contributed by atoms with E-state index in [1.54, 1.807) is 18.7 Å². The van der Waals surface area contributed by atoms with Crippen molar-refractivity contribution < 1.29 is 19.5 Å². The van der Waals surface area contributed by atoms with Gasteiger partial charge in [0, 0.05) is 6.54 Å². The van der Waals surface area contributed by atoms with Crippen LogP contribution in [-0.4, -0.2) is 47.0 Å². The van der Waals surface area contributed by atoms with Crippen molar-refractivity contribution in [2.75, 3.05) is 13.1 Å². The second-order valence-corrected chi connectivity index (χ2v) is 3.86. The normalized spacial score (nSPS) is 14.1. The molecule has 17 heavy (non-hydrogen) atoms. The molecule has 4 N–H and O–H groups in total. The molecule has 0 aliphatic rings. The number of primary amides is 1. The first-order valence-electron chi connectivity index (χ1n) is 5.36. The van der Waals surface area contributed by atoms with E-state index in [1.807, 2.05) is 12.2 Å². The summed E-state index contributed by atoms with van der Waals surface area (Å²) in [4.78, 5) is 34.4. The first kappa shape index (κ1) is 15.4. The Morgan fingerprint density at radius 2 is 1.88 bits per heavy atom. The van der Waals surface area contributed by atoms with Crippen LogP contribution in [-0.2, 0) is 9.59 Å². The maximum absolute atomic E-state index is 11.5. The van der Waals surface area contributed by atoms with Crippen LogP contribution in [0.25, 0.3) is 0 Å². The monoisotopic (exact) mass is 245 g/mol. The fraction of sp³-hybridized carbons (Fsp3) is 0.700. The molecule has 0 spiro atoms. The third-order valence-corrected chi connectivity index (χ3v) is 2.51. The molecule has 2 atom stereocenters. The number of aliphatic carboxylic acids is 1. The summed E-state index contributed by atoms with van der Waals surface area (Å²) in [5.74, 6) is -2.04. The van der Waals surface area contributed by atoms with Gasteiger partial charge in [-0.1, -0.05) is 13.8 Å². The second-order valence-electron chi connectivity index (χ2n) is 3.86. The van der Waals surface area contributed by atoms with Crippen LogP contribution in [0.4, 0.5) is 4.79 Å². The minimum Gasteiger partial charge on any atom is -0.481 e. The molecule has 0 aromatic rings. The molecule has 7 heteroatoms. The van der Waals surface area contributed by atoms with Crippen molar-refractivity contribution >= 4 is 17.9 Å². The molecule has 0 rings (SSSR count). The molecule has 3 amide bonds. The third-order valence-electron chi connectivity index (χ3n) is 2.51. The van der Waals surface area contributed by atoms with Crippen LogP contribution in [0.3, 0.4) is 0 Å². The van der Waals surface area contributed by atoms with E-state index in [4.69, 9.17) is 10.8 Å². The molecule has 0 aliphatic heterocycles. The molecule has 0 saturated carbocycles. The van der Waals surface area contributed by atoms with Crippen molar-refractivity contribution in [2.24, 2.45) is 11.7 Å². The minimum atomic E-state index is -0.925. The van der Waals surface area contributed by atoms with Gasteiger partial charge in [0.1, 0.15) is 0 Å². The quantitative estimate of drug-likeness (QED) is 0.590. The van der Waals surface area contributed by atoms with E-state index in [9.17, 15) is 14.4 Å². The number of amides is 3. The van der Waals surface area contributed by atoms with E-state index in [2.05, 4.69) is 0 Å². The predicted octanol–water partition coefficient (Wildman–Crippen LogP) is -0.388. The Hall–Kier alpha value is -1.63. The summed E-state index contributed by atoms with van der Waals surface area (Å²) in [6.07, 6.45) is 0. The SMILES string of the molecule is CCN(CC(C)C(=O)O)C(C)C(=O)NC(N)=O. The Labute approximate surface area is 100.0 Å². The Balaban J connectivity index is 4.49. The lowest BCUT2D eigenvalue weighted by atomic mass is 10.1. The fourth-order valence-electron chi connectivity index (χ4n) is 1.38. The molecule has 0 saturated heterocycles. The molecular formula is C10H19N3O4. The smallest absolute Gasteiger partial charge is 0.318 e. The average molecular weight is 245 g/mol. The number of nitrogens with one attached hydrogen (secondary N) is 1. The first-order valence-corrected chi connectivity index (χ1v) is 5.36. The number of likely N-dealkylation sites (N-methyl/N-ethyl adjacent to an activating group) is 1. The standard InChI is InChI=1S/C10H19N3O4/c1-4-13(5-6(2)9(15)16)7(3)8(14)12-10(11)17/h6-7H,4-5H2,1-3H3,(H,15,16)(H3,11,12,14,17). The Morgan fingerprint density at radius 3 is 2.24 bits per heavy atom. The highest BCUT2D eigenvalue weighted by atomic mass is 16.4. The number of carbonyl (C=O) groups excluding carboxylic acids is 2. The maximum atomic E-state index is 11.5. The van der Waals surface area contributed by atoms with Crippen molar-refractivity contribution in [3.8, 4) is 0 Å². The summed E-state index contributed by atoms with van der Waals surface area (Å²) in [6, 6.07) is -1.52. The summed E-state index contributed by atoms with van der Waals surface area (Å²) in [5.41, 5.74) is 4.84. The molecule has 0 radical (unpaired) electrons. The lowest BCUT2D eigenvalue weighted by molar-refractivity contribution is -0.142. The number of hydrogen-bond donors (Lipinski definition) is 3. The lowest BCUT2D eigenvalue weighted by Gasteiger charge is -2.27. The van der Waals surface area contributed by atoms with Crippen LogP contribution < -0.4 is 11.1 Å². The number of carboxylic acid groups (broad SMARTS) is 1. The van der Waals surface area contributed by atoms with Gasteiger partial charge in [-0.15, -0.1) is 0 Å². The molecule has 2 unspecified atom stereocenters. The molecule has 0 bridgehead atoms. The van der Waals surface area contributed by atoms with Crippen LogP contribution in [0.2, 0.25) is 0 Å². The number of rotatable bonds is 6. The zero-order chi connectivity index (χ0) is 13.6. The van der Waals surface area contributed by atoms with Crippen molar-refractivity contribution in [1.82, 2.24) is 10.2 Å². The van der Waals surface area contributed by atoms with E-state index in [1.165, 1.54) is 0 Å². The van der Waals surface area contributed by atoms with Gasteiger partial charge >= 0.3 is 12.0 Å². The number of urea groups is 1. The minimum absolute atomic E-state index is 0.235. The van der Waals surface area contributed by atoms with E-state index < -0.39 is 29.9 Å². The number of hydrogen-bond acceptors (Lipinski definition) is 4. The van der Waals surface area contributed by atoms with Gasteiger partial charge in [-0.2, -0.15) is 0 Å². The zero-order valence-electron chi connectivity index (χ0n) is 10.3. The maximum Gasteiger partial charge on any atom is 0.318 e. The predicted molar refractivity (Wildman–Crippen MR) is 61.2 cm³/mol. The Kier molecular flexibility index (Phi) is 6.19. The van der Waals surface area contributed by atoms with Gasteiger partial charge in [-0.25, -0.2) is 4.79 Å². The molecule has 0 fully saturated rings. The topological polar surface area (TPSA) is 113 Å². The summed E-state index contributed by atoms with van der Waals surface area (Å²) in [7, 11) is 0. The molecule has 0 aromatic carbocycles. The molecule has 0 aliphatic carbocycles. The lowest BCUT2D eigenvalue weighted by Crippen LogP contribution is -2.49. The third kappa shape index (κ3) is 5.30. The van der Waals surface area contributed by atoms with Gasteiger partial charge in [-0.3, -0.25) is 19.8 Å². The van der Waals surface area contributed by atoms with Gasteiger partial charge < -0.3 is 10.8 Å². The van der Waals surface area contributed by atoms with Crippen LogP contribution in [0.1, 0.15) is 20.8 Å². The van der Waals surface area contributed by atoms with Gasteiger partial charge in [0.2, 0.25) is 5.91 Å². The molecular weight excluding hydrogens is 226 g/mol. The van der Waals surface area contributed by atoms with Gasteiger partial charge in [-0.05, 0) is 13.5 Å². The van der Waals surface area contributed by atoms with E-state index in [0.717, 1.165) is 0 Å². The van der Waals surface area contributed by atoms with Crippen LogP contribution in [0.5, 0.6) is 0 Å². The summed E-state index contributed by atoms with van der Waals surface area (Å²) in [6.45, 7) is 5.70. The largest absolute Gasteiger partial charge is 0.481 e. The van der Waals surface area contributed by atoms with Crippen LogP contribution >= 0.6 is 0 Å². The molecule has 7 nitrogen and oxygen atoms in total. The van der Waals surface area contributed by atoms with E-state index >= 15 is 0 Å². The van der Waals surface area contributed by atoms with Crippen molar-refractivity contribution in [1.29, 1.82) is 0 Å². The molecule has 0 heterocycles. The van der Waals surface area contributed by atoms with Crippen molar-refractivity contribution in [2.45, 2.75) is 26.8 Å². The van der Waals surface area contributed by atoms with Gasteiger partial charge in [0.15, 0.2) is 0 Å². The average Bonchev–Trinajstić information content (AvgIpc) is 2.23. The zero-order valence-corrected chi connectivity index (χ0v) is 10.3. The van der Waals surface area contributed by atoms with E-state index in [-0.39, 0.29) is 6.54 Å². The number of nitrogens with two attached hydrogens (primary N) is 1. The Bertz CT molecular complexity index is 306. The first-order chi connectivity index (χ1) is 7.79. The van der Waals surface area contributed by atoms with Crippen molar-refractivity contribution in [3.63, 3.8) is 0 Å². The second kappa shape index (κ2) is 6.85. The summed E-state index contributed by atoms with van der Waals surface area (Å²) < 4.78 is 0. The Morgan fingerprint density at radius 1 is 1.35 bits per heavy atom.